The molecule has 0 N–H and O–H groups in total. The molecule has 6 rings (SSSR count). The third-order valence-corrected chi connectivity index (χ3v) is 8.96. The van der Waals surface area contributed by atoms with Crippen molar-refractivity contribution < 1.29 is 18.7 Å². The number of halogens is 2. The lowest BCUT2D eigenvalue weighted by atomic mass is 9.90. The summed E-state index contributed by atoms with van der Waals surface area (Å²) in [5, 5.41) is 2.83. The van der Waals surface area contributed by atoms with Crippen molar-refractivity contribution in [3.8, 4) is 17.1 Å². The monoisotopic (exact) mass is 646 g/mol. The molecule has 5 aromatic rings. The molecule has 2 aromatic heterocycles. The molecule has 0 radical (unpaired) electrons. The zero-order valence-electron chi connectivity index (χ0n) is 24.2. The van der Waals surface area contributed by atoms with Crippen LogP contribution in [0.15, 0.2) is 92.2 Å². The van der Waals surface area contributed by atoms with E-state index in [0.717, 1.165) is 17.2 Å². The van der Waals surface area contributed by atoms with Gasteiger partial charge in [-0.05, 0) is 60.5 Å². The Morgan fingerprint density at radius 2 is 1.91 bits per heavy atom. The van der Waals surface area contributed by atoms with Gasteiger partial charge in [-0.15, -0.1) is 0 Å². The number of esters is 1. The van der Waals surface area contributed by atoms with E-state index in [1.807, 2.05) is 43.3 Å². The molecule has 1 aliphatic heterocycles. The van der Waals surface area contributed by atoms with Crippen molar-refractivity contribution in [2.75, 3.05) is 13.7 Å². The van der Waals surface area contributed by atoms with Gasteiger partial charge in [-0.1, -0.05) is 78.2 Å². The van der Waals surface area contributed by atoms with Gasteiger partial charge in [-0.3, -0.25) is 9.36 Å². The summed E-state index contributed by atoms with van der Waals surface area (Å²) in [5.41, 5.74) is 1.95. The number of ether oxygens (including phenoxy) is 2. The molecular weight excluding hydrogens is 619 g/mol. The largest absolute Gasteiger partial charge is 0.496 e. The molecule has 3 heterocycles. The fourth-order valence-electron chi connectivity index (χ4n) is 5.52. The minimum Gasteiger partial charge on any atom is -0.496 e. The zero-order valence-corrected chi connectivity index (χ0v) is 26.6. The second-order valence-electron chi connectivity index (χ2n) is 10.1. The maximum Gasteiger partial charge on any atom is 0.338 e. The van der Waals surface area contributed by atoms with Crippen LogP contribution >= 0.6 is 34.5 Å². The molecule has 0 fully saturated rings. The number of fused-ring (bicyclic) bond motifs is 2. The maximum atomic E-state index is 14.3. The van der Waals surface area contributed by atoms with Crippen molar-refractivity contribution in [3.63, 3.8) is 0 Å². The summed E-state index contributed by atoms with van der Waals surface area (Å²) in [6, 6.07) is 19.5. The standard InChI is InChI=1S/C34H28Cl2N2O5S/c1-4-8-25-30(33(40)42-5-2)31(29-22-10-7-6-9-19(22)11-15-27(29)41-3)38-32(39)28(44-34(38)37-25)18-21-13-16-26(43-21)23-17-20(35)12-14-24(23)36/h6-7,9-18,31H,4-5,8H2,1-3H3/b28-18-. The third kappa shape index (κ3) is 5.38. The number of hydrogen-bond acceptors (Lipinski definition) is 7. The summed E-state index contributed by atoms with van der Waals surface area (Å²) < 4.78 is 19.5. The molecule has 10 heteroatoms. The molecule has 0 saturated heterocycles. The predicted octanol–water partition coefficient (Wildman–Crippen LogP) is 7.31. The third-order valence-electron chi connectivity index (χ3n) is 7.41. The smallest absolute Gasteiger partial charge is 0.338 e. The van der Waals surface area contributed by atoms with Crippen LogP contribution in [-0.4, -0.2) is 24.3 Å². The Hall–Kier alpha value is -4.11. The Balaban J connectivity index is 1.60. The van der Waals surface area contributed by atoms with E-state index in [1.54, 1.807) is 55.0 Å². The molecule has 0 spiro atoms. The molecule has 44 heavy (non-hydrogen) atoms. The SMILES string of the molecule is CCCC1=C(C(=O)OCC)C(c2c(OC)ccc3ccccc23)n2c(s/c(=C\c3ccc(-c4cc(Cl)ccc4Cl)o3)c2=O)=N1. The summed E-state index contributed by atoms with van der Waals surface area (Å²) in [5.74, 6) is 1.02. The Bertz CT molecular complexity index is 2130. The normalized spacial score (nSPS) is 14.9. The van der Waals surface area contributed by atoms with Crippen molar-refractivity contribution in [3.05, 3.63) is 119 Å². The van der Waals surface area contributed by atoms with Gasteiger partial charge in [0.25, 0.3) is 5.56 Å². The molecule has 3 aromatic carbocycles. The number of carbonyl (C=O) groups is 1. The van der Waals surface area contributed by atoms with Crippen LogP contribution in [0.25, 0.3) is 28.2 Å². The summed E-state index contributed by atoms with van der Waals surface area (Å²) in [4.78, 5) is 33.3. The predicted molar refractivity (Wildman–Crippen MR) is 174 cm³/mol. The van der Waals surface area contributed by atoms with E-state index in [-0.39, 0.29) is 12.2 Å². The van der Waals surface area contributed by atoms with Gasteiger partial charge >= 0.3 is 5.97 Å². The van der Waals surface area contributed by atoms with E-state index in [4.69, 9.17) is 42.1 Å². The highest BCUT2D eigenvalue weighted by atomic mass is 35.5. The van der Waals surface area contributed by atoms with Gasteiger partial charge < -0.3 is 13.9 Å². The highest BCUT2D eigenvalue weighted by molar-refractivity contribution is 7.07. The number of methoxy groups -OCH3 is 1. The van der Waals surface area contributed by atoms with Crippen LogP contribution in [0.4, 0.5) is 0 Å². The van der Waals surface area contributed by atoms with Crippen LogP contribution in [0.1, 0.15) is 44.1 Å². The first-order valence-electron chi connectivity index (χ1n) is 14.2. The lowest BCUT2D eigenvalue weighted by Gasteiger charge is -2.28. The molecular formula is C34H28Cl2N2O5S. The fourth-order valence-corrected chi connectivity index (χ4v) is 6.90. The van der Waals surface area contributed by atoms with Gasteiger partial charge in [-0.2, -0.15) is 0 Å². The van der Waals surface area contributed by atoms with Crippen LogP contribution in [0.5, 0.6) is 5.75 Å². The van der Waals surface area contributed by atoms with E-state index in [2.05, 4.69) is 0 Å². The van der Waals surface area contributed by atoms with Crippen LogP contribution in [0, 0.1) is 0 Å². The van der Waals surface area contributed by atoms with Crippen LogP contribution in [-0.2, 0) is 9.53 Å². The number of aromatic nitrogens is 1. The number of thiazole rings is 1. The number of rotatable bonds is 8. The van der Waals surface area contributed by atoms with E-state index < -0.39 is 12.0 Å². The number of carbonyl (C=O) groups excluding carboxylic acids is 1. The Morgan fingerprint density at radius 3 is 2.68 bits per heavy atom. The molecule has 7 nitrogen and oxygen atoms in total. The van der Waals surface area contributed by atoms with Gasteiger partial charge in [0.1, 0.15) is 23.3 Å². The average molecular weight is 648 g/mol. The minimum atomic E-state index is -0.826. The topological polar surface area (TPSA) is 83.0 Å². The molecule has 0 saturated carbocycles. The lowest BCUT2D eigenvalue weighted by Crippen LogP contribution is -2.40. The number of nitrogens with zero attached hydrogens (tertiary/aromatic N) is 2. The molecule has 0 bridgehead atoms. The second kappa shape index (κ2) is 12.5. The van der Waals surface area contributed by atoms with Crippen molar-refractivity contribution in [1.82, 2.24) is 4.57 Å². The summed E-state index contributed by atoms with van der Waals surface area (Å²) in [6.07, 6.45) is 2.96. The van der Waals surface area contributed by atoms with Crippen LogP contribution in [0.2, 0.25) is 10.0 Å². The number of furan rings is 1. The minimum absolute atomic E-state index is 0.184. The molecule has 1 atom stereocenters. The molecule has 1 aliphatic rings. The molecule has 0 amide bonds. The quantitative estimate of drug-likeness (QED) is 0.165. The van der Waals surface area contributed by atoms with Gasteiger partial charge in [0, 0.05) is 22.2 Å². The number of benzene rings is 3. The Kier molecular flexibility index (Phi) is 8.49. The second-order valence-corrected chi connectivity index (χ2v) is 12.0. The van der Waals surface area contributed by atoms with Crippen LogP contribution < -0.4 is 19.6 Å². The molecule has 1 unspecified atom stereocenters. The summed E-state index contributed by atoms with van der Waals surface area (Å²) >= 11 is 13.8. The molecule has 224 valence electrons. The van der Waals surface area contributed by atoms with Crippen molar-refractivity contribution in [2.24, 2.45) is 4.99 Å². The van der Waals surface area contributed by atoms with E-state index >= 15 is 0 Å². The van der Waals surface area contributed by atoms with Gasteiger partial charge in [-0.25, -0.2) is 9.79 Å². The number of hydrogen-bond donors (Lipinski definition) is 0. The van der Waals surface area contributed by atoms with Gasteiger partial charge in [0.2, 0.25) is 0 Å². The average Bonchev–Trinajstić information content (AvgIpc) is 3.61. The highest BCUT2D eigenvalue weighted by Gasteiger charge is 2.37. The first-order chi connectivity index (χ1) is 21.3. The summed E-state index contributed by atoms with van der Waals surface area (Å²) in [7, 11) is 1.58. The maximum absolute atomic E-state index is 14.3. The molecule has 0 aliphatic carbocycles. The Morgan fingerprint density at radius 1 is 1.09 bits per heavy atom. The number of allylic oxidation sites excluding steroid dienone is 1. The van der Waals surface area contributed by atoms with E-state index in [9.17, 15) is 9.59 Å². The van der Waals surface area contributed by atoms with Crippen molar-refractivity contribution in [1.29, 1.82) is 0 Å². The Labute approximate surface area is 267 Å². The zero-order chi connectivity index (χ0) is 31.0. The fraction of sp³-hybridized carbons (Fsp3) is 0.206. The van der Waals surface area contributed by atoms with E-state index in [0.29, 0.717) is 65.5 Å². The lowest BCUT2D eigenvalue weighted by molar-refractivity contribution is -0.139. The van der Waals surface area contributed by atoms with Gasteiger partial charge in [0.05, 0.1) is 34.5 Å². The van der Waals surface area contributed by atoms with Crippen molar-refractivity contribution in [2.45, 2.75) is 32.7 Å². The first kappa shape index (κ1) is 29.9. The van der Waals surface area contributed by atoms with Gasteiger partial charge in [0.15, 0.2) is 4.80 Å². The first-order valence-corrected chi connectivity index (χ1v) is 15.7. The van der Waals surface area contributed by atoms with Crippen LogP contribution in [0.3, 0.4) is 0 Å². The van der Waals surface area contributed by atoms with Crippen molar-refractivity contribution >= 4 is 57.4 Å². The highest BCUT2D eigenvalue weighted by Crippen LogP contribution is 2.41. The van der Waals surface area contributed by atoms with E-state index in [1.165, 1.54) is 11.3 Å². The summed E-state index contributed by atoms with van der Waals surface area (Å²) in [6.45, 7) is 3.96.